The van der Waals surface area contributed by atoms with E-state index in [1.165, 1.54) is 13.8 Å². The zero-order valence-corrected chi connectivity index (χ0v) is 15.7. The minimum atomic E-state index is -0.602. The molecule has 2 heterocycles. The molecule has 144 valence electrons. The Hall–Kier alpha value is -4.00. The molecular formula is C22H16N2O5. The topological polar surface area (TPSA) is 98.5 Å². The van der Waals surface area contributed by atoms with Crippen LogP contribution < -0.4 is 15.7 Å². The zero-order chi connectivity index (χ0) is 20.5. The lowest BCUT2D eigenvalue weighted by Gasteiger charge is -2.13. The van der Waals surface area contributed by atoms with Crippen LogP contribution in [0.5, 0.6) is 5.75 Å². The number of hydrogen-bond donors (Lipinski definition) is 1. The summed E-state index contributed by atoms with van der Waals surface area (Å²) < 4.78 is 10.7. The molecule has 0 saturated heterocycles. The Morgan fingerprint density at radius 1 is 1.00 bits per heavy atom. The molecule has 0 saturated carbocycles. The number of aromatic nitrogens is 1. The van der Waals surface area contributed by atoms with Crippen molar-refractivity contribution in [2.45, 2.75) is 13.8 Å². The van der Waals surface area contributed by atoms with Gasteiger partial charge in [-0.2, -0.15) is 0 Å². The number of carbonyl (C=O) groups is 2. The van der Waals surface area contributed by atoms with Gasteiger partial charge in [0.2, 0.25) is 5.91 Å². The molecule has 7 heteroatoms. The maximum Gasteiger partial charge on any atom is 0.347 e. The molecule has 0 radical (unpaired) electrons. The van der Waals surface area contributed by atoms with Crippen molar-refractivity contribution >= 4 is 39.4 Å². The van der Waals surface area contributed by atoms with Gasteiger partial charge in [0.05, 0.1) is 5.69 Å². The van der Waals surface area contributed by atoms with Gasteiger partial charge >= 0.3 is 11.6 Å². The molecule has 4 aromatic rings. The van der Waals surface area contributed by atoms with Crippen LogP contribution >= 0.6 is 0 Å². The van der Waals surface area contributed by atoms with Crippen molar-refractivity contribution in [2.24, 2.45) is 0 Å². The lowest BCUT2D eigenvalue weighted by molar-refractivity contribution is -0.131. The Morgan fingerprint density at radius 3 is 2.48 bits per heavy atom. The van der Waals surface area contributed by atoms with Crippen molar-refractivity contribution in [3.8, 4) is 17.0 Å². The van der Waals surface area contributed by atoms with Crippen LogP contribution in [0.1, 0.15) is 13.8 Å². The van der Waals surface area contributed by atoms with E-state index in [9.17, 15) is 14.4 Å². The number of benzene rings is 2. The van der Waals surface area contributed by atoms with E-state index < -0.39 is 11.6 Å². The van der Waals surface area contributed by atoms with Gasteiger partial charge in [-0.05, 0) is 24.3 Å². The number of pyridine rings is 1. The molecule has 0 unspecified atom stereocenters. The van der Waals surface area contributed by atoms with Crippen molar-refractivity contribution in [2.75, 3.05) is 5.32 Å². The lowest BCUT2D eigenvalue weighted by atomic mass is 10.0. The maximum absolute atomic E-state index is 12.6. The van der Waals surface area contributed by atoms with Crippen molar-refractivity contribution in [1.82, 2.24) is 4.98 Å². The first-order valence-corrected chi connectivity index (χ1v) is 8.86. The van der Waals surface area contributed by atoms with Gasteiger partial charge in [-0.1, -0.05) is 30.3 Å². The number of para-hydroxylation sites is 2. The lowest BCUT2D eigenvalue weighted by Crippen LogP contribution is -2.13. The number of hydrogen-bond acceptors (Lipinski definition) is 6. The Bertz CT molecular complexity index is 1340. The van der Waals surface area contributed by atoms with Crippen molar-refractivity contribution in [1.29, 1.82) is 0 Å². The number of carbonyl (C=O) groups excluding carboxylic acids is 2. The summed E-state index contributed by atoms with van der Waals surface area (Å²) in [4.78, 5) is 40.3. The first-order chi connectivity index (χ1) is 13.9. The minimum absolute atomic E-state index is 0.0853. The molecule has 29 heavy (non-hydrogen) atoms. The number of nitrogens with one attached hydrogen (secondary N) is 1. The van der Waals surface area contributed by atoms with Crippen LogP contribution in [0, 0.1) is 0 Å². The third kappa shape index (κ3) is 3.45. The fourth-order valence-corrected chi connectivity index (χ4v) is 3.21. The molecule has 0 aliphatic carbocycles. The number of fused-ring (bicyclic) bond motifs is 3. The summed E-state index contributed by atoms with van der Waals surface area (Å²) >= 11 is 0. The van der Waals surface area contributed by atoms with Gasteiger partial charge < -0.3 is 14.5 Å². The molecule has 1 N–H and O–H groups in total. The number of esters is 1. The van der Waals surface area contributed by atoms with E-state index in [4.69, 9.17) is 9.15 Å². The van der Waals surface area contributed by atoms with E-state index in [2.05, 4.69) is 10.3 Å². The van der Waals surface area contributed by atoms with Crippen LogP contribution in [0.2, 0.25) is 0 Å². The van der Waals surface area contributed by atoms with Crippen LogP contribution in [0.4, 0.5) is 5.82 Å². The van der Waals surface area contributed by atoms with Gasteiger partial charge in [0.1, 0.15) is 22.5 Å². The minimum Gasteiger partial charge on any atom is -0.426 e. The number of ether oxygens (including phenoxy) is 1. The Morgan fingerprint density at radius 2 is 1.72 bits per heavy atom. The zero-order valence-electron chi connectivity index (χ0n) is 15.7. The largest absolute Gasteiger partial charge is 0.426 e. The fourth-order valence-electron chi connectivity index (χ4n) is 3.21. The predicted octanol–water partition coefficient (Wildman–Crippen LogP) is 3.89. The van der Waals surface area contributed by atoms with Gasteiger partial charge in [0.25, 0.3) is 0 Å². The highest BCUT2D eigenvalue weighted by Gasteiger charge is 2.18. The molecule has 0 atom stereocenters. The fraction of sp³-hybridized carbons (Fsp3) is 0.0909. The number of amides is 1. The summed E-state index contributed by atoms with van der Waals surface area (Å²) in [5, 5.41) is 4.05. The molecule has 4 rings (SSSR count). The first-order valence-electron chi connectivity index (χ1n) is 8.86. The van der Waals surface area contributed by atoms with E-state index in [1.54, 1.807) is 42.5 Å². The highest BCUT2D eigenvalue weighted by molar-refractivity contribution is 6.11. The predicted molar refractivity (Wildman–Crippen MR) is 109 cm³/mol. The first kappa shape index (κ1) is 18.4. The smallest absolute Gasteiger partial charge is 0.347 e. The normalized spacial score (nSPS) is 10.8. The molecule has 2 aromatic heterocycles. The molecule has 0 fully saturated rings. The van der Waals surface area contributed by atoms with E-state index in [1.807, 2.05) is 12.1 Å². The third-order valence-electron chi connectivity index (χ3n) is 4.31. The van der Waals surface area contributed by atoms with Crippen molar-refractivity contribution in [3.05, 3.63) is 65.0 Å². The van der Waals surface area contributed by atoms with E-state index in [0.29, 0.717) is 33.4 Å². The van der Waals surface area contributed by atoms with E-state index >= 15 is 0 Å². The second kappa shape index (κ2) is 7.20. The highest BCUT2D eigenvalue weighted by Crippen LogP contribution is 2.34. The second-order valence-electron chi connectivity index (χ2n) is 6.44. The average molecular weight is 388 g/mol. The monoisotopic (exact) mass is 388 g/mol. The molecule has 2 aromatic carbocycles. The summed E-state index contributed by atoms with van der Waals surface area (Å²) in [6.45, 7) is 2.64. The van der Waals surface area contributed by atoms with Crippen molar-refractivity contribution < 1.29 is 18.7 Å². The summed E-state index contributed by atoms with van der Waals surface area (Å²) in [5.41, 5.74) is 0.807. The van der Waals surface area contributed by atoms with Gasteiger partial charge in [-0.3, -0.25) is 9.59 Å². The second-order valence-corrected chi connectivity index (χ2v) is 6.44. The van der Waals surface area contributed by atoms with Gasteiger partial charge in [0, 0.05) is 30.2 Å². The third-order valence-corrected chi connectivity index (χ3v) is 4.31. The van der Waals surface area contributed by atoms with Crippen LogP contribution in [0.3, 0.4) is 0 Å². The van der Waals surface area contributed by atoms with Gasteiger partial charge in [-0.25, -0.2) is 9.78 Å². The Kier molecular flexibility index (Phi) is 4.56. The van der Waals surface area contributed by atoms with Crippen LogP contribution in [-0.2, 0) is 9.59 Å². The van der Waals surface area contributed by atoms with Crippen LogP contribution in [-0.4, -0.2) is 16.9 Å². The van der Waals surface area contributed by atoms with Gasteiger partial charge in [-0.15, -0.1) is 0 Å². The molecule has 7 nitrogen and oxygen atoms in total. The molecule has 0 aliphatic rings. The number of rotatable bonds is 3. The standard InChI is InChI=1S/C22H16N2O5/c1-12(25)23-21-20-16(14-7-3-5-9-18(14)29-22(20)27)11-17(24-21)15-8-4-6-10-19(15)28-13(2)26/h3-11H,1-2H3,(H,23,24,25). The van der Waals surface area contributed by atoms with E-state index in [-0.39, 0.29) is 17.1 Å². The number of anilines is 1. The average Bonchev–Trinajstić information content (AvgIpc) is 2.67. The van der Waals surface area contributed by atoms with Crippen LogP contribution in [0.15, 0.2) is 63.8 Å². The van der Waals surface area contributed by atoms with Crippen LogP contribution in [0.25, 0.3) is 33.0 Å². The maximum atomic E-state index is 12.6. The number of nitrogens with zero attached hydrogens (tertiary/aromatic N) is 1. The SMILES string of the molecule is CC(=O)Nc1nc(-c2ccccc2OC(C)=O)cc2c1c(=O)oc1ccccc12. The molecule has 0 bridgehead atoms. The molecule has 1 amide bonds. The molecular weight excluding hydrogens is 372 g/mol. The summed E-state index contributed by atoms with van der Waals surface area (Å²) in [6.07, 6.45) is 0. The summed E-state index contributed by atoms with van der Waals surface area (Å²) in [5.74, 6) is -0.432. The summed E-state index contributed by atoms with van der Waals surface area (Å²) in [7, 11) is 0. The summed E-state index contributed by atoms with van der Waals surface area (Å²) in [6, 6.07) is 15.8. The highest BCUT2D eigenvalue weighted by atomic mass is 16.5. The Labute approximate surface area is 164 Å². The molecule has 0 aliphatic heterocycles. The quantitative estimate of drug-likeness (QED) is 0.247. The van der Waals surface area contributed by atoms with Gasteiger partial charge in [0.15, 0.2) is 0 Å². The molecule has 0 spiro atoms. The Balaban J connectivity index is 2.09. The van der Waals surface area contributed by atoms with E-state index in [0.717, 1.165) is 0 Å². The van der Waals surface area contributed by atoms with Crippen molar-refractivity contribution in [3.63, 3.8) is 0 Å².